The predicted octanol–water partition coefficient (Wildman–Crippen LogP) is 4.24. The smallest absolute Gasteiger partial charge is 0.101 e. The SMILES string of the molecule is CCNC(Cc1ccc(Br)cc1)c1coc(C)c1. The van der Waals surface area contributed by atoms with Crippen molar-refractivity contribution < 1.29 is 4.42 Å². The van der Waals surface area contributed by atoms with Gasteiger partial charge in [-0.1, -0.05) is 35.0 Å². The molecule has 0 aliphatic carbocycles. The van der Waals surface area contributed by atoms with Crippen LogP contribution in [0.15, 0.2) is 45.5 Å². The second kappa shape index (κ2) is 6.21. The van der Waals surface area contributed by atoms with Gasteiger partial charge in [0.2, 0.25) is 0 Å². The Kier molecular flexibility index (Phi) is 4.61. The minimum atomic E-state index is 0.314. The molecule has 1 aromatic carbocycles. The molecule has 0 aliphatic rings. The fourth-order valence-electron chi connectivity index (χ4n) is 2.06. The summed E-state index contributed by atoms with van der Waals surface area (Å²) < 4.78 is 6.52. The highest BCUT2D eigenvalue weighted by molar-refractivity contribution is 9.10. The van der Waals surface area contributed by atoms with Crippen LogP contribution < -0.4 is 5.32 Å². The molecule has 96 valence electrons. The molecule has 0 amide bonds. The van der Waals surface area contributed by atoms with Gasteiger partial charge in [-0.15, -0.1) is 0 Å². The maximum absolute atomic E-state index is 5.40. The van der Waals surface area contributed by atoms with E-state index in [0.717, 1.165) is 23.2 Å². The third-order valence-corrected chi connectivity index (χ3v) is 3.49. The lowest BCUT2D eigenvalue weighted by Gasteiger charge is -2.16. The van der Waals surface area contributed by atoms with Crippen LogP contribution in [-0.2, 0) is 6.42 Å². The molecule has 0 saturated carbocycles. The van der Waals surface area contributed by atoms with Gasteiger partial charge in [0.05, 0.1) is 6.26 Å². The first-order chi connectivity index (χ1) is 8.69. The third kappa shape index (κ3) is 3.47. The molecule has 0 fully saturated rings. The van der Waals surface area contributed by atoms with E-state index in [-0.39, 0.29) is 0 Å². The van der Waals surface area contributed by atoms with Crippen molar-refractivity contribution in [3.05, 3.63) is 58.0 Å². The predicted molar refractivity (Wildman–Crippen MR) is 77.7 cm³/mol. The number of aryl methyl sites for hydroxylation is 1. The molecule has 18 heavy (non-hydrogen) atoms. The van der Waals surface area contributed by atoms with Crippen molar-refractivity contribution in [2.45, 2.75) is 26.3 Å². The van der Waals surface area contributed by atoms with E-state index < -0.39 is 0 Å². The molecule has 2 nitrogen and oxygen atoms in total. The first-order valence-electron chi connectivity index (χ1n) is 6.22. The average Bonchev–Trinajstić information content (AvgIpc) is 2.78. The van der Waals surface area contributed by atoms with Crippen LogP contribution in [0.5, 0.6) is 0 Å². The summed E-state index contributed by atoms with van der Waals surface area (Å²) in [6, 6.07) is 10.9. The molecule has 2 aromatic rings. The topological polar surface area (TPSA) is 25.2 Å². The van der Waals surface area contributed by atoms with E-state index in [1.54, 1.807) is 0 Å². The van der Waals surface area contributed by atoms with Gasteiger partial charge >= 0.3 is 0 Å². The number of hydrogen-bond acceptors (Lipinski definition) is 2. The molecule has 0 radical (unpaired) electrons. The summed E-state index contributed by atoms with van der Waals surface area (Å²) in [7, 11) is 0. The van der Waals surface area contributed by atoms with Crippen LogP contribution in [-0.4, -0.2) is 6.54 Å². The summed E-state index contributed by atoms with van der Waals surface area (Å²) >= 11 is 3.46. The van der Waals surface area contributed by atoms with E-state index in [9.17, 15) is 0 Å². The minimum absolute atomic E-state index is 0.314. The fraction of sp³-hybridized carbons (Fsp3) is 0.333. The number of furan rings is 1. The van der Waals surface area contributed by atoms with Crippen molar-refractivity contribution in [1.82, 2.24) is 5.32 Å². The quantitative estimate of drug-likeness (QED) is 0.893. The highest BCUT2D eigenvalue weighted by Gasteiger charge is 2.13. The van der Waals surface area contributed by atoms with Gasteiger partial charge in [0.15, 0.2) is 0 Å². The molecule has 3 heteroatoms. The standard InChI is InChI=1S/C15H18BrNO/c1-3-17-15(13-8-11(2)18-10-13)9-12-4-6-14(16)7-5-12/h4-8,10,15,17H,3,9H2,1-2H3. The van der Waals surface area contributed by atoms with Crippen LogP contribution in [0.3, 0.4) is 0 Å². The molecule has 1 atom stereocenters. The van der Waals surface area contributed by atoms with Crippen molar-refractivity contribution in [3.8, 4) is 0 Å². The average molecular weight is 308 g/mol. The Hall–Kier alpha value is -1.06. The van der Waals surface area contributed by atoms with Crippen LogP contribution in [0.2, 0.25) is 0 Å². The molecule has 0 aliphatic heterocycles. The monoisotopic (exact) mass is 307 g/mol. The van der Waals surface area contributed by atoms with E-state index in [4.69, 9.17) is 4.42 Å². The van der Waals surface area contributed by atoms with Gasteiger partial charge in [-0.3, -0.25) is 0 Å². The molecular weight excluding hydrogens is 290 g/mol. The summed E-state index contributed by atoms with van der Waals surface area (Å²) in [6.07, 6.45) is 2.82. The zero-order valence-electron chi connectivity index (χ0n) is 10.7. The summed E-state index contributed by atoms with van der Waals surface area (Å²) in [5.74, 6) is 0.962. The van der Waals surface area contributed by atoms with Crippen molar-refractivity contribution in [2.24, 2.45) is 0 Å². The van der Waals surface area contributed by atoms with Gasteiger partial charge in [0.25, 0.3) is 0 Å². The Morgan fingerprint density at radius 3 is 2.56 bits per heavy atom. The zero-order chi connectivity index (χ0) is 13.0. The number of hydrogen-bond donors (Lipinski definition) is 1. The number of likely N-dealkylation sites (N-methyl/N-ethyl adjacent to an activating group) is 1. The van der Waals surface area contributed by atoms with Gasteiger partial charge in [-0.2, -0.15) is 0 Å². The number of halogens is 1. The Morgan fingerprint density at radius 1 is 1.28 bits per heavy atom. The fourth-order valence-corrected chi connectivity index (χ4v) is 2.32. The molecule has 1 unspecified atom stereocenters. The minimum Gasteiger partial charge on any atom is -0.469 e. The van der Waals surface area contributed by atoms with E-state index in [1.165, 1.54) is 11.1 Å². The van der Waals surface area contributed by atoms with Crippen molar-refractivity contribution in [2.75, 3.05) is 6.54 Å². The molecule has 1 heterocycles. The summed E-state index contributed by atoms with van der Waals surface area (Å²) in [6.45, 7) is 5.05. The van der Waals surface area contributed by atoms with Crippen LogP contribution >= 0.6 is 15.9 Å². The lowest BCUT2D eigenvalue weighted by Crippen LogP contribution is -2.22. The molecule has 0 spiro atoms. The summed E-state index contributed by atoms with van der Waals surface area (Å²) in [5.41, 5.74) is 2.54. The van der Waals surface area contributed by atoms with E-state index in [2.05, 4.69) is 58.5 Å². The Labute approximate surface area is 117 Å². The Balaban J connectivity index is 2.13. The highest BCUT2D eigenvalue weighted by atomic mass is 79.9. The van der Waals surface area contributed by atoms with Crippen LogP contribution in [0.25, 0.3) is 0 Å². The van der Waals surface area contributed by atoms with Gasteiger partial charge in [-0.25, -0.2) is 0 Å². The van der Waals surface area contributed by atoms with E-state index in [0.29, 0.717) is 6.04 Å². The maximum atomic E-state index is 5.40. The van der Waals surface area contributed by atoms with Crippen LogP contribution in [0.4, 0.5) is 0 Å². The highest BCUT2D eigenvalue weighted by Crippen LogP contribution is 2.21. The molecule has 1 N–H and O–H groups in total. The van der Waals surface area contributed by atoms with Crippen LogP contribution in [0, 0.1) is 6.92 Å². The molecule has 0 saturated heterocycles. The number of rotatable bonds is 5. The van der Waals surface area contributed by atoms with Crippen LogP contribution in [0.1, 0.15) is 29.9 Å². The second-order valence-electron chi connectivity index (χ2n) is 4.43. The van der Waals surface area contributed by atoms with E-state index in [1.807, 2.05) is 13.2 Å². The molecule has 0 bridgehead atoms. The van der Waals surface area contributed by atoms with Crippen molar-refractivity contribution in [1.29, 1.82) is 0 Å². The van der Waals surface area contributed by atoms with Gasteiger partial charge < -0.3 is 9.73 Å². The van der Waals surface area contributed by atoms with Gasteiger partial charge in [0.1, 0.15) is 5.76 Å². The third-order valence-electron chi connectivity index (χ3n) is 2.96. The Morgan fingerprint density at radius 2 is 2.00 bits per heavy atom. The van der Waals surface area contributed by atoms with Crippen molar-refractivity contribution in [3.63, 3.8) is 0 Å². The Bertz CT molecular complexity index is 489. The summed E-state index contributed by atoms with van der Waals surface area (Å²) in [5, 5.41) is 3.50. The first-order valence-corrected chi connectivity index (χ1v) is 7.01. The lowest BCUT2D eigenvalue weighted by atomic mass is 10.0. The van der Waals surface area contributed by atoms with E-state index >= 15 is 0 Å². The number of nitrogens with one attached hydrogen (secondary N) is 1. The second-order valence-corrected chi connectivity index (χ2v) is 5.35. The lowest BCUT2D eigenvalue weighted by molar-refractivity contribution is 0.511. The normalized spacial score (nSPS) is 12.6. The maximum Gasteiger partial charge on any atom is 0.101 e. The first kappa shape index (κ1) is 13.4. The summed E-state index contributed by atoms with van der Waals surface area (Å²) in [4.78, 5) is 0. The number of benzene rings is 1. The van der Waals surface area contributed by atoms with Gasteiger partial charge in [-0.05, 0) is 43.7 Å². The largest absolute Gasteiger partial charge is 0.469 e. The molecule has 2 rings (SSSR count). The molecular formula is C15H18BrNO. The molecule has 1 aromatic heterocycles. The van der Waals surface area contributed by atoms with Crippen molar-refractivity contribution >= 4 is 15.9 Å². The van der Waals surface area contributed by atoms with Gasteiger partial charge in [0, 0.05) is 16.1 Å². The zero-order valence-corrected chi connectivity index (χ0v) is 12.3.